The minimum Gasteiger partial charge on any atom is -0.366 e. The number of aromatic nitrogens is 3. The second kappa shape index (κ2) is 10.1. The first kappa shape index (κ1) is 23.7. The lowest BCUT2D eigenvalue weighted by atomic mass is 9.96. The number of nitrogens with one attached hydrogen (secondary N) is 3. The van der Waals surface area contributed by atoms with Crippen LogP contribution in [0.3, 0.4) is 0 Å². The van der Waals surface area contributed by atoms with Crippen molar-refractivity contribution in [2.24, 2.45) is 11.1 Å². The zero-order valence-corrected chi connectivity index (χ0v) is 19.8. The number of anilines is 4. The van der Waals surface area contributed by atoms with Crippen LogP contribution in [0.1, 0.15) is 56.5 Å². The molecule has 174 valence electrons. The molecule has 2 heterocycles. The van der Waals surface area contributed by atoms with E-state index in [1.165, 1.54) is 0 Å². The first-order valence-electron chi connectivity index (χ1n) is 11.3. The molecule has 5 N–H and O–H groups in total. The van der Waals surface area contributed by atoms with Gasteiger partial charge in [-0.3, -0.25) is 4.79 Å². The van der Waals surface area contributed by atoms with Gasteiger partial charge in [-0.05, 0) is 42.5 Å². The number of nitrogens with two attached hydrogens (primary N) is 1. The summed E-state index contributed by atoms with van der Waals surface area (Å²) in [5.74, 6) is 1.10. The van der Waals surface area contributed by atoms with Crippen LogP contribution in [0.25, 0.3) is 0 Å². The first-order chi connectivity index (χ1) is 15.1. The Bertz CT molecular complexity index is 934. The van der Waals surface area contributed by atoms with Crippen LogP contribution in [0, 0.1) is 5.41 Å². The maximum absolute atomic E-state index is 11.7. The smallest absolute Gasteiger partial charge is 0.248 e. The molecule has 1 saturated heterocycles. The van der Waals surface area contributed by atoms with Crippen molar-refractivity contribution in [2.45, 2.75) is 53.0 Å². The van der Waals surface area contributed by atoms with E-state index in [2.05, 4.69) is 58.6 Å². The summed E-state index contributed by atoms with van der Waals surface area (Å²) < 4.78 is 0. The zero-order chi connectivity index (χ0) is 23.3. The van der Waals surface area contributed by atoms with E-state index in [9.17, 15) is 4.79 Å². The van der Waals surface area contributed by atoms with E-state index in [0.717, 1.165) is 50.1 Å². The van der Waals surface area contributed by atoms with E-state index >= 15 is 0 Å². The first-order valence-corrected chi connectivity index (χ1v) is 11.3. The van der Waals surface area contributed by atoms with E-state index < -0.39 is 5.91 Å². The third-order valence-electron chi connectivity index (χ3n) is 5.23. The number of rotatable bonds is 9. The molecule has 9 heteroatoms. The summed E-state index contributed by atoms with van der Waals surface area (Å²) in [7, 11) is 1.99. The van der Waals surface area contributed by atoms with Gasteiger partial charge >= 0.3 is 0 Å². The molecular weight excluding hydrogens is 404 g/mol. The average Bonchev–Trinajstić information content (AvgIpc) is 3.21. The molecule has 0 saturated carbocycles. The fourth-order valence-electron chi connectivity index (χ4n) is 3.85. The minimum absolute atomic E-state index is 0.0854. The van der Waals surface area contributed by atoms with Crippen LogP contribution in [0.4, 0.5) is 23.5 Å². The Labute approximate surface area is 190 Å². The highest BCUT2D eigenvalue weighted by Gasteiger charge is 2.20. The summed E-state index contributed by atoms with van der Waals surface area (Å²) in [5.41, 5.74) is 7.90. The van der Waals surface area contributed by atoms with Crippen molar-refractivity contribution in [3.8, 4) is 0 Å². The molecule has 32 heavy (non-hydrogen) atoms. The Morgan fingerprint density at radius 3 is 2.62 bits per heavy atom. The van der Waals surface area contributed by atoms with Gasteiger partial charge in [-0.2, -0.15) is 15.0 Å². The summed E-state index contributed by atoms with van der Waals surface area (Å²) >= 11 is 0. The number of nitrogens with zero attached hydrogens (tertiary/aromatic N) is 4. The van der Waals surface area contributed by atoms with Crippen LogP contribution in [-0.2, 0) is 6.42 Å². The zero-order valence-electron chi connectivity index (χ0n) is 19.8. The van der Waals surface area contributed by atoms with Crippen molar-refractivity contribution in [3.63, 3.8) is 0 Å². The van der Waals surface area contributed by atoms with E-state index in [1.807, 2.05) is 18.0 Å². The van der Waals surface area contributed by atoms with E-state index in [0.29, 0.717) is 23.4 Å². The van der Waals surface area contributed by atoms with Crippen LogP contribution in [0.5, 0.6) is 0 Å². The molecule has 1 aromatic heterocycles. The van der Waals surface area contributed by atoms with Gasteiger partial charge in [0.05, 0.1) is 0 Å². The van der Waals surface area contributed by atoms with Crippen LogP contribution in [-0.4, -0.2) is 53.6 Å². The molecule has 0 bridgehead atoms. The molecule has 0 radical (unpaired) electrons. The van der Waals surface area contributed by atoms with Crippen molar-refractivity contribution in [3.05, 3.63) is 29.3 Å². The van der Waals surface area contributed by atoms with E-state index in [4.69, 9.17) is 5.73 Å². The maximum Gasteiger partial charge on any atom is 0.248 e. The molecule has 0 spiro atoms. The average molecular weight is 441 g/mol. The van der Waals surface area contributed by atoms with Crippen LogP contribution >= 0.6 is 0 Å². The van der Waals surface area contributed by atoms with Gasteiger partial charge < -0.3 is 26.6 Å². The molecule has 2 aromatic rings. The molecule has 1 fully saturated rings. The number of hydrogen-bond donors (Lipinski definition) is 4. The molecule has 1 aromatic carbocycles. The fourth-order valence-corrected chi connectivity index (χ4v) is 3.85. The monoisotopic (exact) mass is 440 g/mol. The summed E-state index contributed by atoms with van der Waals surface area (Å²) in [6.45, 7) is 11.3. The highest BCUT2D eigenvalue weighted by Crippen LogP contribution is 2.25. The molecular formula is C23H36N8O. The van der Waals surface area contributed by atoms with Crippen molar-refractivity contribution in [2.75, 3.05) is 42.2 Å². The SMILES string of the molecule is CCCc1ccc(C(N)=O)cc1Nc1nc(N[C@H]2CCNC2)nc(N(C)CC(C)(C)C)n1. The number of carbonyl (C=O) groups excluding carboxylic acids is 1. The third kappa shape index (κ3) is 6.53. The molecule has 3 rings (SSSR count). The molecule has 1 aliphatic rings. The molecule has 9 nitrogen and oxygen atoms in total. The Morgan fingerprint density at radius 2 is 2.00 bits per heavy atom. The van der Waals surface area contributed by atoms with Crippen molar-refractivity contribution in [1.29, 1.82) is 0 Å². The summed E-state index contributed by atoms with van der Waals surface area (Å²) in [6, 6.07) is 5.74. The summed E-state index contributed by atoms with van der Waals surface area (Å²) in [4.78, 5) is 27.8. The Hall–Kier alpha value is -2.94. The van der Waals surface area contributed by atoms with Crippen LogP contribution in [0.2, 0.25) is 0 Å². The van der Waals surface area contributed by atoms with Crippen molar-refractivity contribution in [1.82, 2.24) is 20.3 Å². The van der Waals surface area contributed by atoms with Gasteiger partial charge in [-0.1, -0.05) is 40.2 Å². The number of primary amides is 1. The van der Waals surface area contributed by atoms with E-state index in [-0.39, 0.29) is 11.5 Å². The van der Waals surface area contributed by atoms with Crippen molar-refractivity contribution < 1.29 is 4.79 Å². The van der Waals surface area contributed by atoms with E-state index in [1.54, 1.807) is 12.1 Å². The standard InChI is InChI=1S/C23H36N8O/c1-6-7-15-8-9-16(19(24)32)12-18(15)27-21-28-20(26-17-10-11-25-13-17)29-22(30-21)31(5)14-23(2,3)4/h8-9,12,17,25H,6-7,10-11,13-14H2,1-5H3,(H2,24,32)(H2,26,27,28,29,30)/t17-/m0/s1. The lowest BCUT2D eigenvalue weighted by molar-refractivity contribution is 0.100. The minimum atomic E-state index is -0.464. The third-order valence-corrected chi connectivity index (χ3v) is 5.23. The Balaban J connectivity index is 1.96. The molecule has 1 aliphatic heterocycles. The molecule has 1 amide bonds. The molecule has 0 aliphatic carbocycles. The number of benzene rings is 1. The predicted molar refractivity (Wildman–Crippen MR) is 130 cm³/mol. The highest BCUT2D eigenvalue weighted by atomic mass is 16.1. The molecule has 0 unspecified atom stereocenters. The number of carbonyl (C=O) groups is 1. The van der Waals surface area contributed by atoms with Crippen LogP contribution < -0.4 is 26.6 Å². The second-order valence-electron chi connectivity index (χ2n) is 9.64. The topological polar surface area (TPSA) is 121 Å². The van der Waals surface area contributed by atoms with Crippen molar-refractivity contribution >= 4 is 29.4 Å². The lowest BCUT2D eigenvalue weighted by Gasteiger charge is -2.27. The summed E-state index contributed by atoms with van der Waals surface area (Å²) in [6.07, 6.45) is 2.86. The number of hydrogen-bond acceptors (Lipinski definition) is 8. The van der Waals surface area contributed by atoms with Gasteiger partial charge in [0.2, 0.25) is 23.8 Å². The molecule has 1 atom stereocenters. The summed E-state index contributed by atoms with van der Waals surface area (Å²) in [5, 5.41) is 10.1. The van der Waals surface area contributed by atoms with Gasteiger partial charge in [0.1, 0.15) is 0 Å². The normalized spacial score (nSPS) is 16.1. The quantitative estimate of drug-likeness (QED) is 0.470. The van der Waals surface area contributed by atoms with Gasteiger partial charge in [0, 0.05) is 37.4 Å². The van der Waals surface area contributed by atoms with Gasteiger partial charge in [0.15, 0.2) is 0 Å². The number of amides is 1. The van der Waals surface area contributed by atoms with Gasteiger partial charge in [-0.25, -0.2) is 0 Å². The fraction of sp³-hybridized carbons (Fsp3) is 0.565. The number of aryl methyl sites for hydroxylation is 1. The highest BCUT2D eigenvalue weighted by molar-refractivity contribution is 5.94. The Morgan fingerprint density at radius 1 is 1.25 bits per heavy atom. The van der Waals surface area contributed by atoms with Gasteiger partial charge in [-0.15, -0.1) is 0 Å². The predicted octanol–water partition coefficient (Wildman–Crippen LogP) is 2.92. The van der Waals surface area contributed by atoms with Gasteiger partial charge in [0.25, 0.3) is 0 Å². The second-order valence-corrected chi connectivity index (χ2v) is 9.64. The lowest BCUT2D eigenvalue weighted by Crippen LogP contribution is -2.31. The largest absolute Gasteiger partial charge is 0.366 e. The van der Waals surface area contributed by atoms with Crippen LogP contribution in [0.15, 0.2) is 18.2 Å². The Kier molecular flexibility index (Phi) is 7.50. The maximum atomic E-state index is 11.7.